The van der Waals surface area contributed by atoms with Gasteiger partial charge in [0, 0.05) is 30.3 Å². The van der Waals surface area contributed by atoms with E-state index in [1.165, 1.54) is 6.33 Å². The summed E-state index contributed by atoms with van der Waals surface area (Å²) in [7, 11) is 0. The van der Waals surface area contributed by atoms with Gasteiger partial charge in [-0.2, -0.15) is 0 Å². The van der Waals surface area contributed by atoms with Crippen molar-refractivity contribution in [2.75, 3.05) is 6.61 Å². The number of ether oxygens (including phenoxy) is 1. The highest BCUT2D eigenvalue weighted by Gasteiger charge is 2.30. The Balaban J connectivity index is 1.43. The predicted octanol–water partition coefficient (Wildman–Crippen LogP) is 2.84. The Morgan fingerprint density at radius 1 is 1.06 bits per heavy atom. The average Bonchev–Trinajstić information content (AvgIpc) is 3.42. The molecule has 1 aliphatic rings. The van der Waals surface area contributed by atoms with Gasteiger partial charge < -0.3 is 25.5 Å². The number of hydrogen-bond donors (Lipinski definition) is 4. The Morgan fingerprint density at radius 3 is 2.29 bits per heavy atom. The third-order valence-corrected chi connectivity index (χ3v) is 5.80. The van der Waals surface area contributed by atoms with Gasteiger partial charge in [0.1, 0.15) is 12.6 Å². The summed E-state index contributed by atoms with van der Waals surface area (Å²) in [4.78, 5) is 43.2. The first-order chi connectivity index (χ1) is 16.4. The van der Waals surface area contributed by atoms with Crippen LogP contribution in [0.1, 0.15) is 36.1 Å². The minimum absolute atomic E-state index is 0.103. The van der Waals surface area contributed by atoms with E-state index in [9.17, 15) is 14.4 Å². The number of rotatable bonds is 9. The van der Waals surface area contributed by atoms with Gasteiger partial charge in [0.05, 0.1) is 12.7 Å². The van der Waals surface area contributed by atoms with Crippen molar-refractivity contribution in [3.05, 3.63) is 77.9 Å². The van der Waals surface area contributed by atoms with Gasteiger partial charge >= 0.3 is 12.1 Å². The number of imidazole rings is 1. The number of carbonyl (C=O) groups is 3. The smallest absolute Gasteiger partial charge is 0.407 e. The number of aromatic amines is 1. The number of carboxylic acid groups (broad SMARTS) is 1. The molecule has 2 aromatic carbocycles. The fraction of sp³-hybridized carbons (Fsp3) is 0.280. The molecule has 0 radical (unpaired) electrons. The minimum Gasteiger partial charge on any atom is -0.481 e. The van der Waals surface area contributed by atoms with Crippen molar-refractivity contribution >= 4 is 18.0 Å². The highest BCUT2D eigenvalue weighted by Crippen LogP contribution is 2.44. The lowest BCUT2D eigenvalue weighted by molar-refractivity contribution is -0.137. The van der Waals surface area contributed by atoms with Crippen LogP contribution in [0.2, 0.25) is 0 Å². The lowest BCUT2D eigenvalue weighted by atomic mass is 9.98. The van der Waals surface area contributed by atoms with Crippen LogP contribution in [-0.4, -0.2) is 51.7 Å². The summed E-state index contributed by atoms with van der Waals surface area (Å²) < 4.78 is 5.56. The fourth-order valence-electron chi connectivity index (χ4n) is 4.26. The predicted molar refractivity (Wildman–Crippen MR) is 124 cm³/mol. The number of fused-ring (bicyclic) bond motifs is 3. The molecule has 9 nitrogen and oxygen atoms in total. The second-order valence-electron chi connectivity index (χ2n) is 8.31. The molecule has 1 aliphatic carbocycles. The van der Waals surface area contributed by atoms with Crippen LogP contribution in [0.4, 0.5) is 4.79 Å². The second-order valence-corrected chi connectivity index (χ2v) is 8.31. The van der Waals surface area contributed by atoms with Gasteiger partial charge in [-0.1, -0.05) is 48.5 Å². The molecule has 4 N–H and O–H groups in total. The summed E-state index contributed by atoms with van der Waals surface area (Å²) in [5, 5.41) is 14.2. The lowest BCUT2D eigenvalue weighted by Gasteiger charge is -2.21. The number of alkyl carbamates (subject to hydrolysis) is 1. The van der Waals surface area contributed by atoms with Crippen molar-refractivity contribution < 1.29 is 24.2 Å². The molecular weight excluding hydrogens is 436 g/mol. The maximum Gasteiger partial charge on any atom is 0.407 e. The monoisotopic (exact) mass is 462 g/mol. The van der Waals surface area contributed by atoms with Crippen LogP contribution in [0.15, 0.2) is 61.1 Å². The van der Waals surface area contributed by atoms with Crippen LogP contribution in [-0.2, 0) is 20.7 Å². The molecule has 0 unspecified atom stereocenters. The van der Waals surface area contributed by atoms with E-state index in [-0.39, 0.29) is 25.4 Å². The van der Waals surface area contributed by atoms with Crippen LogP contribution in [0.3, 0.4) is 0 Å². The number of H-pyrrole nitrogens is 1. The molecule has 0 saturated carbocycles. The Bertz CT molecular complexity index is 1130. The van der Waals surface area contributed by atoms with Gasteiger partial charge in [-0.25, -0.2) is 9.78 Å². The summed E-state index contributed by atoms with van der Waals surface area (Å²) >= 11 is 0. The molecule has 1 aromatic heterocycles. The highest BCUT2D eigenvalue weighted by atomic mass is 16.5. The maximum absolute atomic E-state index is 12.8. The Hall–Kier alpha value is -4.14. The number of carboxylic acids is 1. The summed E-state index contributed by atoms with van der Waals surface area (Å²) in [6.45, 7) is 1.71. The molecule has 2 amide bonds. The second kappa shape index (κ2) is 10.2. The van der Waals surface area contributed by atoms with Crippen LogP contribution < -0.4 is 10.6 Å². The van der Waals surface area contributed by atoms with Gasteiger partial charge in [0.15, 0.2) is 0 Å². The van der Waals surface area contributed by atoms with Crippen molar-refractivity contribution in [3.8, 4) is 11.1 Å². The number of nitrogens with one attached hydrogen (secondary N) is 3. The number of carbonyl (C=O) groups excluding carboxylic acids is 2. The van der Waals surface area contributed by atoms with Crippen molar-refractivity contribution in [3.63, 3.8) is 0 Å². The number of nitrogens with zero attached hydrogens (tertiary/aromatic N) is 1. The molecule has 1 heterocycles. The first-order valence-corrected chi connectivity index (χ1v) is 11.0. The van der Waals surface area contributed by atoms with E-state index in [0.717, 1.165) is 22.3 Å². The van der Waals surface area contributed by atoms with E-state index in [4.69, 9.17) is 9.84 Å². The zero-order valence-corrected chi connectivity index (χ0v) is 18.7. The number of aromatic nitrogens is 2. The standard InChI is InChI=1S/C25H26N4O5/c1-15(10-23(30)31)28-24(32)22(11-16-12-26-14-27-16)29-25(33)34-13-21-19-8-4-2-6-17(19)18-7-3-5-9-20(18)21/h2-9,12,14-15,21-22H,10-11,13H2,1H3,(H,26,27)(H,28,32)(H,29,33)(H,30,31)/t15-,22-/m1/s1. The molecule has 3 aromatic rings. The topological polar surface area (TPSA) is 133 Å². The molecule has 34 heavy (non-hydrogen) atoms. The molecule has 9 heteroatoms. The Labute approximate surface area is 196 Å². The van der Waals surface area contributed by atoms with E-state index in [1.807, 2.05) is 36.4 Å². The quantitative estimate of drug-likeness (QED) is 0.386. The van der Waals surface area contributed by atoms with Gasteiger partial charge in [0.2, 0.25) is 5.91 Å². The molecular formula is C25H26N4O5. The third kappa shape index (κ3) is 5.25. The number of aliphatic carboxylic acids is 1. The van der Waals surface area contributed by atoms with Crippen molar-refractivity contribution in [1.29, 1.82) is 0 Å². The molecule has 0 saturated heterocycles. The Kier molecular flexibility index (Phi) is 6.91. The zero-order valence-electron chi connectivity index (χ0n) is 18.7. The Morgan fingerprint density at radius 2 is 1.71 bits per heavy atom. The summed E-state index contributed by atoms with van der Waals surface area (Å²) in [6.07, 6.45) is 2.22. The van der Waals surface area contributed by atoms with Crippen LogP contribution >= 0.6 is 0 Å². The van der Waals surface area contributed by atoms with Gasteiger partial charge in [-0.05, 0) is 29.2 Å². The number of benzene rings is 2. The van der Waals surface area contributed by atoms with E-state index >= 15 is 0 Å². The lowest BCUT2D eigenvalue weighted by Crippen LogP contribution is -2.50. The van der Waals surface area contributed by atoms with Crippen molar-refractivity contribution in [2.24, 2.45) is 0 Å². The first kappa shape index (κ1) is 23.0. The normalized spacial score (nSPS) is 13.9. The van der Waals surface area contributed by atoms with Crippen molar-refractivity contribution in [2.45, 2.75) is 37.8 Å². The highest BCUT2D eigenvalue weighted by molar-refractivity contribution is 5.86. The molecule has 0 aliphatic heterocycles. The van der Waals surface area contributed by atoms with Crippen molar-refractivity contribution in [1.82, 2.24) is 20.6 Å². The fourth-order valence-corrected chi connectivity index (χ4v) is 4.26. The molecule has 4 rings (SSSR count). The van der Waals surface area contributed by atoms with Crippen LogP contribution in [0.25, 0.3) is 11.1 Å². The summed E-state index contributed by atoms with van der Waals surface area (Å²) in [6, 6.07) is 14.5. The van der Waals surface area contributed by atoms with Crippen LogP contribution in [0, 0.1) is 0 Å². The molecule has 2 atom stereocenters. The van der Waals surface area contributed by atoms with Gasteiger partial charge in [-0.15, -0.1) is 0 Å². The SMILES string of the molecule is C[C@H](CC(=O)O)NC(=O)[C@@H](Cc1cnc[nH]1)NC(=O)OCC1c2ccccc2-c2ccccc21. The first-order valence-electron chi connectivity index (χ1n) is 11.0. The van der Waals surface area contributed by atoms with Gasteiger partial charge in [0.25, 0.3) is 0 Å². The molecule has 0 bridgehead atoms. The number of hydrogen-bond acceptors (Lipinski definition) is 5. The van der Waals surface area contributed by atoms with E-state index in [1.54, 1.807) is 13.1 Å². The summed E-state index contributed by atoms with van der Waals surface area (Å²) in [5.74, 6) is -1.63. The molecule has 0 fully saturated rings. The van der Waals surface area contributed by atoms with Gasteiger partial charge in [-0.3, -0.25) is 9.59 Å². The van der Waals surface area contributed by atoms with E-state index in [2.05, 4.69) is 32.7 Å². The molecule has 176 valence electrons. The third-order valence-electron chi connectivity index (χ3n) is 5.80. The largest absolute Gasteiger partial charge is 0.481 e. The number of amides is 2. The van der Waals surface area contributed by atoms with E-state index in [0.29, 0.717) is 5.69 Å². The minimum atomic E-state index is -1.03. The van der Waals surface area contributed by atoms with Crippen LogP contribution in [0.5, 0.6) is 0 Å². The average molecular weight is 463 g/mol. The maximum atomic E-state index is 12.8. The zero-order chi connectivity index (χ0) is 24.1. The molecule has 0 spiro atoms. The summed E-state index contributed by atoms with van der Waals surface area (Å²) in [5.41, 5.74) is 5.06. The van der Waals surface area contributed by atoms with E-state index < -0.39 is 30.1 Å².